The predicted molar refractivity (Wildman–Crippen MR) is 68.5 cm³/mol. The van der Waals surface area contributed by atoms with Crippen molar-refractivity contribution in [3.05, 3.63) is 12.2 Å². The molecular weight excluding hydrogens is 276 g/mol. The fourth-order valence-corrected chi connectivity index (χ4v) is 3.05. The fraction of sp³-hybridized carbons (Fsp3) is 0.615. The number of hydrogen-bond acceptors (Lipinski definition) is 6. The zero-order chi connectivity index (χ0) is 14.9. The van der Waals surface area contributed by atoms with Crippen LogP contribution in [0.5, 0.6) is 0 Å². The van der Waals surface area contributed by atoms with E-state index in [9.17, 15) is 14.4 Å². The molecule has 1 spiro atoms. The number of carbonyl (C=O) groups excluding carboxylic acids is 3. The van der Waals surface area contributed by atoms with E-state index < -0.39 is 23.3 Å². The van der Waals surface area contributed by atoms with Crippen molar-refractivity contribution in [2.45, 2.75) is 45.1 Å². The Bertz CT molecular complexity index is 561. The second-order valence-corrected chi connectivity index (χ2v) is 5.49. The summed E-state index contributed by atoms with van der Waals surface area (Å²) in [5, 5.41) is 5.91. The molecule has 2 heterocycles. The quantitative estimate of drug-likeness (QED) is 0.815. The summed E-state index contributed by atoms with van der Waals surface area (Å²) < 4.78 is 4.61. The number of amides is 4. The van der Waals surface area contributed by atoms with Crippen LogP contribution in [-0.2, 0) is 16.1 Å². The van der Waals surface area contributed by atoms with Gasteiger partial charge in [0.2, 0.25) is 18.2 Å². The monoisotopic (exact) mass is 292 g/mol. The minimum Gasteiger partial charge on any atom is -0.343 e. The molecule has 8 heteroatoms. The third kappa shape index (κ3) is 2.30. The number of imide groups is 2. The van der Waals surface area contributed by atoms with Gasteiger partial charge in [0.05, 0.1) is 6.54 Å². The first-order valence-electron chi connectivity index (χ1n) is 7.06. The van der Waals surface area contributed by atoms with E-state index >= 15 is 0 Å². The smallest absolute Gasteiger partial charge is 0.331 e. The lowest BCUT2D eigenvalue weighted by atomic mass is 9.77. The SMILES string of the molecule is O=C1NC(=O)C2(CCCCCC2)C(=O)N1Cc1ncon1. The Labute approximate surface area is 120 Å². The van der Waals surface area contributed by atoms with E-state index in [2.05, 4.69) is 20.0 Å². The number of aromatic nitrogens is 2. The maximum Gasteiger partial charge on any atom is 0.331 e. The minimum atomic E-state index is -1.12. The summed E-state index contributed by atoms with van der Waals surface area (Å²) in [6.07, 6.45) is 5.71. The first-order chi connectivity index (χ1) is 10.1. The van der Waals surface area contributed by atoms with E-state index in [1.165, 1.54) is 0 Å². The molecule has 2 fully saturated rings. The molecule has 0 atom stereocenters. The van der Waals surface area contributed by atoms with Crippen molar-refractivity contribution in [2.75, 3.05) is 0 Å². The molecule has 4 amide bonds. The molecule has 1 saturated carbocycles. The van der Waals surface area contributed by atoms with E-state index in [-0.39, 0.29) is 12.4 Å². The highest BCUT2D eigenvalue weighted by Crippen LogP contribution is 2.39. The lowest BCUT2D eigenvalue weighted by Gasteiger charge is -2.38. The van der Waals surface area contributed by atoms with Crippen LogP contribution in [0, 0.1) is 5.41 Å². The third-order valence-corrected chi connectivity index (χ3v) is 4.22. The molecule has 1 aromatic heterocycles. The van der Waals surface area contributed by atoms with Gasteiger partial charge >= 0.3 is 6.03 Å². The highest BCUT2D eigenvalue weighted by Gasteiger charge is 2.53. The molecule has 2 aliphatic rings. The summed E-state index contributed by atoms with van der Waals surface area (Å²) in [5.41, 5.74) is -1.12. The van der Waals surface area contributed by atoms with Crippen molar-refractivity contribution >= 4 is 17.8 Å². The molecule has 112 valence electrons. The van der Waals surface area contributed by atoms with Gasteiger partial charge in [-0.15, -0.1) is 0 Å². The summed E-state index contributed by atoms with van der Waals surface area (Å²) in [6.45, 7) is -0.0871. The largest absolute Gasteiger partial charge is 0.343 e. The van der Waals surface area contributed by atoms with Crippen molar-refractivity contribution in [2.24, 2.45) is 5.41 Å². The van der Waals surface area contributed by atoms with Crippen LogP contribution in [0.1, 0.15) is 44.3 Å². The third-order valence-electron chi connectivity index (χ3n) is 4.22. The number of nitrogens with zero attached hydrogens (tertiary/aromatic N) is 3. The van der Waals surface area contributed by atoms with Crippen LogP contribution in [0.2, 0.25) is 0 Å². The molecule has 1 aromatic rings. The van der Waals surface area contributed by atoms with Gasteiger partial charge < -0.3 is 4.52 Å². The predicted octanol–water partition coefficient (Wildman–Crippen LogP) is 0.989. The van der Waals surface area contributed by atoms with Gasteiger partial charge in [0, 0.05) is 0 Å². The molecule has 0 unspecified atom stereocenters. The van der Waals surface area contributed by atoms with Gasteiger partial charge in [-0.1, -0.05) is 30.8 Å². The molecule has 1 aliphatic heterocycles. The second-order valence-electron chi connectivity index (χ2n) is 5.49. The lowest BCUT2D eigenvalue weighted by molar-refractivity contribution is -0.153. The van der Waals surface area contributed by atoms with E-state index in [1.54, 1.807) is 0 Å². The van der Waals surface area contributed by atoms with E-state index in [0.717, 1.165) is 37.0 Å². The van der Waals surface area contributed by atoms with Crippen molar-refractivity contribution in [1.82, 2.24) is 20.4 Å². The van der Waals surface area contributed by atoms with Crippen LogP contribution in [-0.4, -0.2) is 32.9 Å². The molecule has 3 rings (SSSR count). The normalized spacial score (nSPS) is 22.3. The molecule has 1 saturated heterocycles. The molecule has 8 nitrogen and oxygen atoms in total. The standard InChI is InChI=1S/C13H16N4O4/c18-10-13(5-3-1-2-4-6-13)11(19)17(12(20)15-10)7-9-14-8-21-16-9/h8H,1-7H2,(H,15,18,20). The first-order valence-corrected chi connectivity index (χ1v) is 7.06. The number of hydrogen-bond donors (Lipinski definition) is 1. The molecule has 1 N–H and O–H groups in total. The Morgan fingerprint density at radius 1 is 1.19 bits per heavy atom. The van der Waals surface area contributed by atoms with Crippen LogP contribution >= 0.6 is 0 Å². The minimum absolute atomic E-state index is 0.0871. The summed E-state index contributed by atoms with van der Waals surface area (Å²) in [6, 6.07) is -0.718. The lowest BCUT2D eigenvalue weighted by Crippen LogP contribution is -2.63. The number of nitrogens with one attached hydrogen (secondary N) is 1. The van der Waals surface area contributed by atoms with Gasteiger partial charge in [-0.05, 0) is 12.8 Å². The van der Waals surface area contributed by atoms with Crippen LogP contribution in [0.3, 0.4) is 0 Å². The summed E-state index contributed by atoms with van der Waals surface area (Å²) >= 11 is 0. The second kappa shape index (κ2) is 5.27. The van der Waals surface area contributed by atoms with Crippen LogP contribution in [0.4, 0.5) is 4.79 Å². The number of carbonyl (C=O) groups is 3. The summed E-state index contributed by atoms with van der Waals surface area (Å²) in [7, 11) is 0. The van der Waals surface area contributed by atoms with Crippen molar-refractivity contribution in [1.29, 1.82) is 0 Å². The Morgan fingerprint density at radius 2 is 1.90 bits per heavy atom. The first kappa shape index (κ1) is 13.7. The van der Waals surface area contributed by atoms with Crippen LogP contribution < -0.4 is 5.32 Å². The zero-order valence-corrected chi connectivity index (χ0v) is 11.5. The molecule has 0 radical (unpaired) electrons. The topological polar surface area (TPSA) is 105 Å². The highest BCUT2D eigenvalue weighted by molar-refractivity contribution is 6.19. The van der Waals surface area contributed by atoms with Crippen LogP contribution in [0.25, 0.3) is 0 Å². The Hall–Kier alpha value is -2.25. The zero-order valence-electron chi connectivity index (χ0n) is 11.5. The average Bonchev–Trinajstić information content (AvgIpc) is 2.84. The van der Waals surface area contributed by atoms with Crippen molar-refractivity contribution in [3.8, 4) is 0 Å². The maximum absolute atomic E-state index is 12.8. The summed E-state index contributed by atoms with van der Waals surface area (Å²) in [5.74, 6) is -0.677. The Kier molecular flexibility index (Phi) is 3.44. The van der Waals surface area contributed by atoms with Crippen molar-refractivity contribution < 1.29 is 18.9 Å². The molecule has 0 aromatic carbocycles. The van der Waals surface area contributed by atoms with Crippen molar-refractivity contribution in [3.63, 3.8) is 0 Å². The van der Waals surface area contributed by atoms with Gasteiger partial charge in [0.15, 0.2) is 5.82 Å². The van der Waals surface area contributed by atoms with E-state index in [1.807, 2.05) is 0 Å². The van der Waals surface area contributed by atoms with E-state index in [0.29, 0.717) is 12.8 Å². The Morgan fingerprint density at radius 3 is 2.52 bits per heavy atom. The summed E-state index contributed by atoms with van der Waals surface area (Å²) in [4.78, 5) is 41.8. The van der Waals surface area contributed by atoms with Gasteiger partial charge in [-0.2, -0.15) is 4.98 Å². The number of barbiturate groups is 1. The van der Waals surface area contributed by atoms with Gasteiger partial charge in [0.1, 0.15) is 5.41 Å². The van der Waals surface area contributed by atoms with Gasteiger partial charge in [-0.3, -0.25) is 19.8 Å². The highest BCUT2D eigenvalue weighted by atomic mass is 16.5. The fourth-order valence-electron chi connectivity index (χ4n) is 3.05. The molecular formula is C13H16N4O4. The molecule has 0 bridgehead atoms. The number of rotatable bonds is 2. The number of urea groups is 1. The van der Waals surface area contributed by atoms with Gasteiger partial charge in [-0.25, -0.2) is 4.79 Å². The molecule has 21 heavy (non-hydrogen) atoms. The molecule has 1 aliphatic carbocycles. The Balaban J connectivity index is 1.89. The van der Waals surface area contributed by atoms with Crippen LogP contribution in [0.15, 0.2) is 10.9 Å². The van der Waals surface area contributed by atoms with Gasteiger partial charge in [0.25, 0.3) is 0 Å². The average molecular weight is 292 g/mol. The van der Waals surface area contributed by atoms with E-state index in [4.69, 9.17) is 0 Å². The maximum atomic E-state index is 12.8.